The van der Waals surface area contributed by atoms with Crippen molar-refractivity contribution >= 4 is 23.2 Å². The minimum absolute atomic E-state index is 0.0593. The molecule has 0 saturated carbocycles. The van der Waals surface area contributed by atoms with E-state index in [-0.39, 0.29) is 17.7 Å². The lowest BCUT2D eigenvalue weighted by molar-refractivity contribution is -0.128. The molecule has 0 aromatic heterocycles. The van der Waals surface area contributed by atoms with E-state index in [0.29, 0.717) is 18.9 Å². The second-order valence-electron chi connectivity index (χ2n) is 7.13. The van der Waals surface area contributed by atoms with Gasteiger partial charge in [-0.05, 0) is 50.5 Å². The molecule has 1 aliphatic rings. The third-order valence-corrected chi connectivity index (χ3v) is 4.83. The highest BCUT2D eigenvalue weighted by Crippen LogP contribution is 2.22. The summed E-state index contributed by atoms with van der Waals surface area (Å²) in [7, 11) is 0. The zero-order valence-electron chi connectivity index (χ0n) is 15.9. The zero-order chi connectivity index (χ0) is 18.4. The number of hydrogen-bond donors (Lipinski definition) is 1. The Morgan fingerprint density at radius 2 is 1.88 bits per heavy atom. The van der Waals surface area contributed by atoms with Gasteiger partial charge in [-0.3, -0.25) is 9.59 Å². The lowest BCUT2D eigenvalue weighted by Crippen LogP contribution is -2.29. The summed E-state index contributed by atoms with van der Waals surface area (Å²) >= 11 is 0. The standard InChI is InChI=1S/C20H31N3O2/c1-5-22(6-2)18-9-7-17(8-10-18)21-20(25)16-13-19(24)23(14-16)12-11-15(3)4/h7-10,15-16H,5-6,11-14H2,1-4H3,(H,21,25). The molecule has 1 saturated heterocycles. The number of nitrogens with one attached hydrogen (secondary N) is 1. The summed E-state index contributed by atoms with van der Waals surface area (Å²) in [5.74, 6) is 0.348. The molecule has 1 aromatic rings. The second kappa shape index (κ2) is 8.88. The zero-order valence-corrected chi connectivity index (χ0v) is 15.9. The molecule has 5 heteroatoms. The number of nitrogens with zero attached hydrogens (tertiary/aromatic N) is 2. The average molecular weight is 345 g/mol. The normalized spacial score (nSPS) is 17.2. The predicted octanol–water partition coefficient (Wildman–Crippen LogP) is 3.37. The molecular formula is C20H31N3O2. The quantitative estimate of drug-likeness (QED) is 0.786. The fraction of sp³-hybridized carbons (Fsp3) is 0.600. The second-order valence-corrected chi connectivity index (χ2v) is 7.13. The number of benzene rings is 1. The van der Waals surface area contributed by atoms with Crippen LogP contribution in [0.4, 0.5) is 11.4 Å². The SMILES string of the molecule is CCN(CC)c1ccc(NC(=O)C2CC(=O)N(CCC(C)C)C2)cc1. The highest BCUT2D eigenvalue weighted by atomic mass is 16.2. The number of carbonyl (C=O) groups excluding carboxylic acids is 2. The summed E-state index contributed by atoms with van der Waals surface area (Å²) in [5, 5.41) is 2.96. The monoisotopic (exact) mass is 345 g/mol. The smallest absolute Gasteiger partial charge is 0.229 e. The first-order valence-corrected chi connectivity index (χ1v) is 9.38. The lowest BCUT2D eigenvalue weighted by Gasteiger charge is -2.21. The Bertz CT molecular complexity index is 579. The van der Waals surface area contributed by atoms with Crippen molar-refractivity contribution in [2.75, 3.05) is 36.4 Å². The van der Waals surface area contributed by atoms with Gasteiger partial charge < -0.3 is 15.1 Å². The van der Waals surface area contributed by atoms with Crippen LogP contribution in [-0.2, 0) is 9.59 Å². The summed E-state index contributed by atoms with van der Waals surface area (Å²) in [6.07, 6.45) is 1.30. The maximum absolute atomic E-state index is 12.5. The van der Waals surface area contributed by atoms with Gasteiger partial charge in [0.15, 0.2) is 0 Å². The number of carbonyl (C=O) groups is 2. The van der Waals surface area contributed by atoms with Crippen LogP contribution in [0.3, 0.4) is 0 Å². The molecule has 5 nitrogen and oxygen atoms in total. The fourth-order valence-electron chi connectivity index (χ4n) is 3.17. The minimum atomic E-state index is -0.248. The largest absolute Gasteiger partial charge is 0.372 e. The molecule has 1 heterocycles. The molecule has 0 spiro atoms. The molecule has 0 bridgehead atoms. The van der Waals surface area contributed by atoms with Crippen molar-refractivity contribution in [2.24, 2.45) is 11.8 Å². The van der Waals surface area contributed by atoms with Crippen molar-refractivity contribution in [2.45, 2.75) is 40.5 Å². The fourth-order valence-corrected chi connectivity index (χ4v) is 3.17. The van der Waals surface area contributed by atoms with Crippen molar-refractivity contribution in [3.8, 4) is 0 Å². The third kappa shape index (κ3) is 5.21. The maximum atomic E-state index is 12.5. The number of rotatable bonds is 8. The van der Waals surface area contributed by atoms with Crippen molar-refractivity contribution in [1.82, 2.24) is 4.90 Å². The van der Waals surface area contributed by atoms with Crippen LogP contribution in [0.2, 0.25) is 0 Å². The van der Waals surface area contributed by atoms with Crippen LogP contribution in [0.25, 0.3) is 0 Å². The van der Waals surface area contributed by atoms with Crippen LogP contribution in [0.1, 0.15) is 40.5 Å². The van der Waals surface area contributed by atoms with E-state index in [2.05, 4.69) is 37.9 Å². The summed E-state index contributed by atoms with van der Waals surface area (Å²) in [6, 6.07) is 7.91. The molecule has 1 atom stereocenters. The van der Waals surface area contributed by atoms with Gasteiger partial charge >= 0.3 is 0 Å². The van der Waals surface area contributed by atoms with Crippen LogP contribution in [0, 0.1) is 11.8 Å². The first kappa shape index (κ1) is 19.3. The topological polar surface area (TPSA) is 52.7 Å². The minimum Gasteiger partial charge on any atom is -0.372 e. The van der Waals surface area contributed by atoms with Crippen molar-refractivity contribution in [1.29, 1.82) is 0 Å². The van der Waals surface area contributed by atoms with Gasteiger partial charge in [-0.25, -0.2) is 0 Å². The molecule has 138 valence electrons. The van der Waals surface area contributed by atoms with E-state index in [0.717, 1.165) is 37.4 Å². The Balaban J connectivity index is 1.90. The first-order chi connectivity index (χ1) is 11.9. The molecule has 25 heavy (non-hydrogen) atoms. The van der Waals surface area contributed by atoms with Crippen LogP contribution >= 0.6 is 0 Å². The predicted molar refractivity (Wildman–Crippen MR) is 103 cm³/mol. The van der Waals surface area contributed by atoms with Crippen LogP contribution in [0.5, 0.6) is 0 Å². The number of anilines is 2. The molecule has 1 aliphatic heterocycles. The third-order valence-electron chi connectivity index (χ3n) is 4.83. The van der Waals surface area contributed by atoms with Gasteiger partial charge in [0.1, 0.15) is 0 Å². The van der Waals surface area contributed by atoms with Crippen LogP contribution < -0.4 is 10.2 Å². The van der Waals surface area contributed by atoms with Gasteiger partial charge in [0.05, 0.1) is 5.92 Å². The molecule has 0 aliphatic carbocycles. The van der Waals surface area contributed by atoms with E-state index >= 15 is 0 Å². The molecule has 0 radical (unpaired) electrons. The van der Waals surface area contributed by atoms with E-state index in [4.69, 9.17) is 0 Å². The van der Waals surface area contributed by atoms with Gasteiger partial charge in [-0.2, -0.15) is 0 Å². The molecule has 1 N–H and O–H groups in total. The van der Waals surface area contributed by atoms with E-state index in [9.17, 15) is 9.59 Å². The Labute approximate surface area is 151 Å². The van der Waals surface area contributed by atoms with E-state index in [1.54, 1.807) is 0 Å². The first-order valence-electron chi connectivity index (χ1n) is 9.38. The molecule has 1 aromatic carbocycles. The van der Waals surface area contributed by atoms with Gasteiger partial charge in [-0.15, -0.1) is 0 Å². The van der Waals surface area contributed by atoms with Crippen molar-refractivity contribution in [3.63, 3.8) is 0 Å². The summed E-state index contributed by atoms with van der Waals surface area (Å²) in [4.78, 5) is 28.6. The van der Waals surface area contributed by atoms with E-state index in [1.165, 1.54) is 0 Å². The average Bonchev–Trinajstić information content (AvgIpc) is 2.96. The van der Waals surface area contributed by atoms with Gasteiger partial charge in [0.2, 0.25) is 11.8 Å². The number of likely N-dealkylation sites (tertiary alicyclic amines) is 1. The Morgan fingerprint density at radius 3 is 2.44 bits per heavy atom. The molecular weight excluding hydrogens is 314 g/mol. The van der Waals surface area contributed by atoms with Gasteiger partial charge in [0.25, 0.3) is 0 Å². The maximum Gasteiger partial charge on any atom is 0.229 e. The summed E-state index contributed by atoms with van der Waals surface area (Å²) in [5.41, 5.74) is 1.94. The highest BCUT2D eigenvalue weighted by Gasteiger charge is 2.34. The highest BCUT2D eigenvalue weighted by molar-refractivity contribution is 5.97. The Kier molecular flexibility index (Phi) is 6.85. The molecule has 1 fully saturated rings. The van der Waals surface area contributed by atoms with Crippen molar-refractivity contribution < 1.29 is 9.59 Å². The van der Waals surface area contributed by atoms with E-state index in [1.807, 2.05) is 29.2 Å². The number of hydrogen-bond acceptors (Lipinski definition) is 3. The Hall–Kier alpha value is -2.04. The van der Waals surface area contributed by atoms with Crippen molar-refractivity contribution in [3.05, 3.63) is 24.3 Å². The Morgan fingerprint density at radius 1 is 1.24 bits per heavy atom. The summed E-state index contributed by atoms with van der Waals surface area (Å²) in [6.45, 7) is 11.7. The van der Waals surface area contributed by atoms with Crippen LogP contribution in [0.15, 0.2) is 24.3 Å². The number of amides is 2. The summed E-state index contributed by atoms with van der Waals surface area (Å²) < 4.78 is 0. The van der Waals surface area contributed by atoms with Gasteiger partial charge in [-0.1, -0.05) is 13.8 Å². The van der Waals surface area contributed by atoms with Crippen LogP contribution in [-0.4, -0.2) is 42.9 Å². The van der Waals surface area contributed by atoms with Gasteiger partial charge in [0, 0.05) is 44.0 Å². The lowest BCUT2D eigenvalue weighted by atomic mass is 10.1. The van der Waals surface area contributed by atoms with E-state index < -0.39 is 0 Å². The molecule has 1 unspecified atom stereocenters. The molecule has 2 amide bonds. The molecule has 2 rings (SSSR count).